The first-order chi connectivity index (χ1) is 14.9. The fourth-order valence-electron chi connectivity index (χ4n) is 4.75. The van der Waals surface area contributed by atoms with Crippen LogP contribution in [0.3, 0.4) is 0 Å². The summed E-state index contributed by atoms with van der Waals surface area (Å²) in [6, 6.07) is 0. The zero-order chi connectivity index (χ0) is 22.2. The second-order valence-corrected chi connectivity index (χ2v) is 9.74. The molecule has 0 aromatic heterocycles. The van der Waals surface area contributed by atoms with Gasteiger partial charge in [0.1, 0.15) is 29.5 Å². The van der Waals surface area contributed by atoms with E-state index in [9.17, 15) is 4.79 Å². The molecule has 0 amide bonds. The zero-order valence-electron chi connectivity index (χ0n) is 19.5. The monoisotopic (exact) mass is 436 g/mol. The Morgan fingerprint density at radius 1 is 1.03 bits per heavy atom. The zero-order valence-corrected chi connectivity index (χ0v) is 19.5. The van der Waals surface area contributed by atoms with Gasteiger partial charge in [0.15, 0.2) is 0 Å². The van der Waals surface area contributed by atoms with E-state index < -0.39 is 5.60 Å². The predicted octanol–water partition coefficient (Wildman–Crippen LogP) is 5.90. The topological polar surface area (TPSA) is 63.2 Å². The summed E-state index contributed by atoms with van der Waals surface area (Å²) in [6.45, 7) is 6.17. The molecule has 2 unspecified atom stereocenters. The van der Waals surface area contributed by atoms with Gasteiger partial charge in [0.2, 0.25) is 0 Å². The van der Waals surface area contributed by atoms with Crippen LogP contribution in [-0.2, 0) is 29.1 Å². The molecule has 0 N–H and O–H groups in total. The normalized spacial score (nSPS) is 35.5. The van der Waals surface area contributed by atoms with Crippen LogP contribution in [-0.4, -0.2) is 35.5 Å². The van der Waals surface area contributed by atoms with Crippen molar-refractivity contribution in [3.05, 3.63) is 24.3 Å². The molecule has 3 heterocycles. The quantitative estimate of drug-likeness (QED) is 0.164. The maximum Gasteiger partial charge on any atom is 0.309 e. The van der Waals surface area contributed by atoms with Gasteiger partial charge in [-0.05, 0) is 39.5 Å². The van der Waals surface area contributed by atoms with Crippen molar-refractivity contribution < 1.29 is 29.1 Å². The number of allylic oxidation sites excluding steroid dienone is 1. The summed E-state index contributed by atoms with van der Waals surface area (Å²) in [6.07, 6.45) is 20.5. The highest BCUT2D eigenvalue weighted by Crippen LogP contribution is 2.44. The second kappa shape index (κ2) is 11.6. The summed E-state index contributed by atoms with van der Waals surface area (Å²) in [5.74, 6) is -0.188. The fourth-order valence-corrected chi connectivity index (χ4v) is 4.75. The molecule has 0 radical (unpaired) electrons. The highest BCUT2D eigenvalue weighted by molar-refractivity contribution is 5.73. The van der Waals surface area contributed by atoms with Crippen LogP contribution >= 0.6 is 0 Å². The number of hydrogen-bond donors (Lipinski definition) is 0. The second-order valence-electron chi connectivity index (χ2n) is 9.74. The molecule has 31 heavy (non-hydrogen) atoms. The molecule has 0 aromatic carbocycles. The number of carbonyl (C=O) groups is 1. The van der Waals surface area contributed by atoms with Crippen molar-refractivity contribution >= 4 is 5.97 Å². The standard InChI is InChI=1S/C25H40O6/c1-4-13-20-15-16-21(29-28-20)14-11-9-7-5-6-8-10-12-17-24(2)19-25(3)22(30-31-24)18-23(26)27-25/h11,14-16,20-22H,4-10,12-13,17-19H2,1-3H3/b14-11+/t20?,21?,22-,24-,25-/m0/s1. The smallest absolute Gasteiger partial charge is 0.309 e. The van der Waals surface area contributed by atoms with Gasteiger partial charge in [0.25, 0.3) is 0 Å². The number of esters is 1. The number of fused-ring (bicyclic) bond motifs is 1. The Balaban J connectivity index is 1.19. The van der Waals surface area contributed by atoms with E-state index in [1.54, 1.807) is 0 Å². The molecule has 3 rings (SSSR count). The SMILES string of the molecule is CCCC1C=CC(/C=C/CCCCCCCC[C@@]2(C)C[C@]3(C)OC(=O)C[C@@H]3OO2)OO1. The van der Waals surface area contributed by atoms with Gasteiger partial charge in [-0.1, -0.05) is 69.8 Å². The summed E-state index contributed by atoms with van der Waals surface area (Å²) >= 11 is 0. The first-order valence-electron chi connectivity index (χ1n) is 12.2. The van der Waals surface area contributed by atoms with Crippen molar-refractivity contribution in [2.24, 2.45) is 0 Å². The van der Waals surface area contributed by atoms with E-state index in [-0.39, 0.29) is 29.9 Å². The van der Waals surface area contributed by atoms with Crippen molar-refractivity contribution in [1.29, 1.82) is 0 Å². The van der Waals surface area contributed by atoms with Crippen LogP contribution in [0.2, 0.25) is 0 Å². The van der Waals surface area contributed by atoms with E-state index in [0.717, 1.165) is 32.1 Å². The molecule has 2 fully saturated rings. The third-order valence-electron chi connectivity index (χ3n) is 6.50. The number of rotatable bonds is 12. The number of unbranched alkanes of at least 4 members (excludes halogenated alkanes) is 6. The van der Waals surface area contributed by atoms with Crippen LogP contribution < -0.4 is 0 Å². The lowest BCUT2D eigenvalue weighted by Gasteiger charge is -2.43. The third-order valence-corrected chi connectivity index (χ3v) is 6.50. The molecular formula is C25H40O6. The number of carbonyl (C=O) groups excluding carboxylic acids is 1. The molecule has 2 saturated heterocycles. The van der Waals surface area contributed by atoms with Gasteiger partial charge in [-0.3, -0.25) is 4.79 Å². The highest BCUT2D eigenvalue weighted by atomic mass is 17.2. The average Bonchev–Trinajstić information content (AvgIpc) is 3.03. The Labute approximate surface area is 187 Å². The minimum absolute atomic E-state index is 0.0502. The van der Waals surface area contributed by atoms with Crippen LogP contribution in [0.25, 0.3) is 0 Å². The van der Waals surface area contributed by atoms with Crippen LogP contribution in [0, 0.1) is 0 Å². The predicted molar refractivity (Wildman–Crippen MR) is 118 cm³/mol. The molecule has 0 bridgehead atoms. The van der Waals surface area contributed by atoms with Crippen LogP contribution in [0.15, 0.2) is 24.3 Å². The van der Waals surface area contributed by atoms with E-state index in [0.29, 0.717) is 12.8 Å². The Morgan fingerprint density at radius 3 is 2.55 bits per heavy atom. The van der Waals surface area contributed by atoms with E-state index >= 15 is 0 Å². The van der Waals surface area contributed by atoms with Crippen molar-refractivity contribution in [3.8, 4) is 0 Å². The van der Waals surface area contributed by atoms with E-state index in [1.165, 1.54) is 32.1 Å². The molecule has 0 aliphatic carbocycles. The third kappa shape index (κ3) is 7.41. The summed E-state index contributed by atoms with van der Waals surface area (Å²) in [5, 5.41) is 0. The maximum atomic E-state index is 11.6. The van der Waals surface area contributed by atoms with Gasteiger partial charge < -0.3 is 4.74 Å². The van der Waals surface area contributed by atoms with Crippen molar-refractivity contribution in [3.63, 3.8) is 0 Å². The lowest BCUT2D eigenvalue weighted by atomic mass is 9.82. The minimum atomic E-state index is -0.542. The van der Waals surface area contributed by atoms with Crippen molar-refractivity contribution in [2.75, 3.05) is 0 Å². The van der Waals surface area contributed by atoms with Gasteiger partial charge in [-0.25, -0.2) is 19.6 Å². The van der Waals surface area contributed by atoms with Gasteiger partial charge in [0, 0.05) is 6.42 Å². The first-order valence-corrected chi connectivity index (χ1v) is 12.2. The Bertz CT molecular complexity index is 632. The summed E-state index contributed by atoms with van der Waals surface area (Å²) in [4.78, 5) is 33.5. The molecule has 0 aromatic rings. The van der Waals surface area contributed by atoms with Gasteiger partial charge in [-0.15, -0.1) is 0 Å². The van der Waals surface area contributed by atoms with Gasteiger partial charge in [-0.2, -0.15) is 0 Å². The molecule has 6 nitrogen and oxygen atoms in total. The number of ether oxygens (including phenoxy) is 1. The van der Waals surface area contributed by atoms with Gasteiger partial charge in [0.05, 0.1) is 6.42 Å². The molecule has 0 saturated carbocycles. The van der Waals surface area contributed by atoms with Crippen LogP contribution in [0.5, 0.6) is 0 Å². The lowest BCUT2D eigenvalue weighted by Crippen LogP contribution is -2.51. The van der Waals surface area contributed by atoms with Crippen LogP contribution in [0.1, 0.15) is 97.8 Å². The van der Waals surface area contributed by atoms with Crippen LogP contribution in [0.4, 0.5) is 0 Å². The molecule has 6 heteroatoms. The molecular weight excluding hydrogens is 396 g/mol. The van der Waals surface area contributed by atoms with E-state index in [4.69, 9.17) is 24.3 Å². The fraction of sp³-hybridized carbons (Fsp3) is 0.800. The molecule has 3 aliphatic heterocycles. The van der Waals surface area contributed by atoms with Gasteiger partial charge >= 0.3 is 5.97 Å². The maximum absolute atomic E-state index is 11.6. The largest absolute Gasteiger partial charge is 0.456 e. The lowest BCUT2D eigenvalue weighted by molar-refractivity contribution is -0.428. The average molecular weight is 437 g/mol. The van der Waals surface area contributed by atoms with E-state index in [2.05, 4.69) is 38.2 Å². The Kier molecular flexibility index (Phi) is 9.14. The summed E-state index contributed by atoms with van der Waals surface area (Å²) in [7, 11) is 0. The Hall–Kier alpha value is -1.21. The summed E-state index contributed by atoms with van der Waals surface area (Å²) < 4.78 is 5.52. The number of hydrogen-bond acceptors (Lipinski definition) is 6. The van der Waals surface area contributed by atoms with E-state index in [1.807, 2.05) is 6.92 Å². The Morgan fingerprint density at radius 2 is 1.81 bits per heavy atom. The molecule has 3 aliphatic rings. The first kappa shape index (κ1) is 24.4. The minimum Gasteiger partial charge on any atom is -0.456 e. The van der Waals surface area contributed by atoms with Crippen molar-refractivity contribution in [2.45, 2.75) is 127 Å². The molecule has 176 valence electrons. The highest BCUT2D eigenvalue weighted by Gasteiger charge is 2.55. The van der Waals surface area contributed by atoms with Crippen molar-refractivity contribution in [1.82, 2.24) is 0 Å². The molecule has 0 spiro atoms. The molecule has 5 atom stereocenters. The summed E-state index contributed by atoms with van der Waals surface area (Å²) in [5.41, 5.74) is -0.921.